The molecule has 0 saturated carbocycles. The second-order valence-corrected chi connectivity index (χ2v) is 4.75. The summed E-state index contributed by atoms with van der Waals surface area (Å²) >= 11 is 2.29. The van der Waals surface area contributed by atoms with Gasteiger partial charge in [0.2, 0.25) is 0 Å². The molecule has 15 heavy (non-hydrogen) atoms. The van der Waals surface area contributed by atoms with Gasteiger partial charge in [0.1, 0.15) is 5.69 Å². The lowest BCUT2D eigenvalue weighted by Crippen LogP contribution is -2.40. The molecule has 0 aliphatic rings. The zero-order valence-electron chi connectivity index (χ0n) is 9.20. The third-order valence-corrected chi connectivity index (χ3v) is 3.29. The Labute approximate surface area is 104 Å². The monoisotopic (exact) mass is 321 g/mol. The van der Waals surface area contributed by atoms with E-state index in [0.29, 0.717) is 11.6 Å². The summed E-state index contributed by atoms with van der Waals surface area (Å²) < 4.78 is 2.64. The number of nitrogens with one attached hydrogen (secondary N) is 1. The van der Waals surface area contributed by atoms with Crippen LogP contribution in [0.2, 0.25) is 0 Å². The summed E-state index contributed by atoms with van der Waals surface area (Å²) in [4.78, 5) is 15.7. The number of hydrogen-bond acceptors (Lipinski definition) is 2. The largest absolute Gasteiger partial charge is 0.347 e. The summed E-state index contributed by atoms with van der Waals surface area (Å²) in [5, 5.41) is 3.00. The number of halogens is 1. The van der Waals surface area contributed by atoms with E-state index in [9.17, 15) is 4.79 Å². The van der Waals surface area contributed by atoms with E-state index in [1.807, 2.05) is 7.05 Å². The second-order valence-electron chi connectivity index (χ2n) is 3.87. The second kappa shape index (κ2) is 5.48. The van der Waals surface area contributed by atoms with Crippen molar-refractivity contribution in [3.8, 4) is 0 Å². The number of aryl methyl sites for hydroxylation is 1. The maximum atomic E-state index is 11.8. The number of alkyl halides is 1. The first kappa shape index (κ1) is 12.5. The first-order chi connectivity index (χ1) is 7.06. The molecule has 4 nitrogen and oxygen atoms in total. The van der Waals surface area contributed by atoms with Gasteiger partial charge >= 0.3 is 0 Å². The van der Waals surface area contributed by atoms with Gasteiger partial charge in [-0.3, -0.25) is 4.79 Å². The van der Waals surface area contributed by atoms with Crippen molar-refractivity contribution in [1.82, 2.24) is 14.9 Å². The molecule has 0 aromatic carbocycles. The molecule has 0 aliphatic heterocycles. The molecule has 1 heterocycles. The number of imidazole rings is 1. The third-order valence-electron chi connectivity index (χ3n) is 2.34. The molecule has 0 bridgehead atoms. The molecule has 1 N–H and O–H groups in total. The maximum Gasteiger partial charge on any atom is 0.269 e. The molecule has 0 aliphatic carbocycles. The Bertz CT molecular complexity index is 335. The highest BCUT2D eigenvalue weighted by Crippen LogP contribution is 2.06. The number of rotatable bonds is 4. The topological polar surface area (TPSA) is 46.9 Å². The Kier molecular flexibility index (Phi) is 4.56. The number of carbonyl (C=O) groups excluding carboxylic acids is 1. The molecular formula is C10H16IN3O. The minimum Gasteiger partial charge on any atom is -0.347 e. The lowest BCUT2D eigenvalue weighted by atomic mass is 10.1. The van der Waals surface area contributed by atoms with Crippen molar-refractivity contribution >= 4 is 28.5 Å². The molecule has 0 fully saturated rings. The summed E-state index contributed by atoms with van der Waals surface area (Å²) in [6.07, 6.45) is 3.21. The third kappa shape index (κ3) is 3.19. The first-order valence-electron chi connectivity index (χ1n) is 4.89. The Morgan fingerprint density at radius 3 is 2.73 bits per heavy atom. The Balaban J connectivity index is 2.67. The van der Waals surface area contributed by atoms with Gasteiger partial charge in [-0.25, -0.2) is 4.98 Å². The van der Waals surface area contributed by atoms with E-state index in [4.69, 9.17) is 0 Å². The van der Waals surface area contributed by atoms with Crippen LogP contribution < -0.4 is 5.32 Å². The van der Waals surface area contributed by atoms with Crippen molar-refractivity contribution in [3.05, 3.63) is 18.2 Å². The molecule has 5 heteroatoms. The van der Waals surface area contributed by atoms with Gasteiger partial charge in [-0.15, -0.1) is 0 Å². The number of carbonyl (C=O) groups is 1. The molecule has 1 unspecified atom stereocenters. The Morgan fingerprint density at radius 2 is 2.33 bits per heavy atom. The van der Waals surface area contributed by atoms with E-state index in [1.54, 1.807) is 17.1 Å². The lowest BCUT2D eigenvalue weighted by molar-refractivity contribution is 0.0924. The van der Waals surface area contributed by atoms with Crippen LogP contribution in [0.4, 0.5) is 0 Å². The van der Waals surface area contributed by atoms with Crippen molar-refractivity contribution in [2.75, 3.05) is 4.43 Å². The van der Waals surface area contributed by atoms with Crippen LogP contribution in [0.3, 0.4) is 0 Å². The summed E-state index contributed by atoms with van der Waals surface area (Å²) in [5.74, 6) is 0.393. The van der Waals surface area contributed by atoms with Crippen LogP contribution in [0.1, 0.15) is 24.3 Å². The predicted octanol–water partition coefficient (Wildman–Crippen LogP) is 1.61. The van der Waals surface area contributed by atoms with Crippen molar-refractivity contribution in [1.29, 1.82) is 0 Å². The summed E-state index contributed by atoms with van der Waals surface area (Å²) in [6, 6.07) is 0.216. The molecule has 0 radical (unpaired) electrons. The van der Waals surface area contributed by atoms with Gasteiger partial charge in [-0.1, -0.05) is 36.4 Å². The van der Waals surface area contributed by atoms with Crippen molar-refractivity contribution in [2.45, 2.75) is 19.9 Å². The summed E-state index contributed by atoms with van der Waals surface area (Å²) in [7, 11) is 1.82. The standard InChI is InChI=1S/C10H16IN3O/c1-7(2)8(4-11)13-10(15)9-5-12-6-14(9)3/h5-8H,4H2,1-3H3,(H,13,15). The quantitative estimate of drug-likeness (QED) is 0.676. The zero-order chi connectivity index (χ0) is 11.4. The van der Waals surface area contributed by atoms with Crippen molar-refractivity contribution in [2.24, 2.45) is 13.0 Å². The van der Waals surface area contributed by atoms with Gasteiger partial charge < -0.3 is 9.88 Å². The number of aromatic nitrogens is 2. The molecule has 0 saturated heterocycles. The SMILES string of the molecule is CC(C)C(CI)NC(=O)c1cncn1C. The van der Waals surface area contributed by atoms with Gasteiger partial charge in [-0.2, -0.15) is 0 Å². The van der Waals surface area contributed by atoms with Crippen LogP contribution >= 0.6 is 22.6 Å². The van der Waals surface area contributed by atoms with E-state index >= 15 is 0 Å². The molecule has 1 atom stereocenters. The zero-order valence-corrected chi connectivity index (χ0v) is 11.4. The molecule has 1 aromatic heterocycles. The van der Waals surface area contributed by atoms with E-state index in [0.717, 1.165) is 4.43 Å². The van der Waals surface area contributed by atoms with Crippen LogP contribution in [0.15, 0.2) is 12.5 Å². The van der Waals surface area contributed by atoms with E-state index in [-0.39, 0.29) is 11.9 Å². The Hall–Kier alpha value is -0.590. The molecule has 1 amide bonds. The lowest BCUT2D eigenvalue weighted by Gasteiger charge is -2.19. The average Bonchev–Trinajstić information content (AvgIpc) is 2.60. The Morgan fingerprint density at radius 1 is 1.67 bits per heavy atom. The average molecular weight is 321 g/mol. The first-order valence-corrected chi connectivity index (χ1v) is 6.42. The highest BCUT2D eigenvalue weighted by Gasteiger charge is 2.17. The molecule has 84 valence electrons. The van der Waals surface area contributed by atoms with Gasteiger partial charge in [0, 0.05) is 17.5 Å². The molecular weight excluding hydrogens is 305 g/mol. The predicted molar refractivity (Wildman–Crippen MR) is 68.2 cm³/mol. The minimum absolute atomic E-state index is 0.0506. The fourth-order valence-electron chi connectivity index (χ4n) is 1.20. The minimum atomic E-state index is -0.0506. The van der Waals surface area contributed by atoms with Crippen LogP contribution in [0.25, 0.3) is 0 Å². The highest BCUT2D eigenvalue weighted by atomic mass is 127. The van der Waals surface area contributed by atoms with Gasteiger partial charge in [0.25, 0.3) is 5.91 Å². The van der Waals surface area contributed by atoms with E-state index in [1.165, 1.54) is 0 Å². The van der Waals surface area contributed by atoms with Gasteiger partial charge in [0.05, 0.1) is 12.5 Å². The van der Waals surface area contributed by atoms with Crippen LogP contribution in [0, 0.1) is 5.92 Å². The molecule has 0 spiro atoms. The fraction of sp³-hybridized carbons (Fsp3) is 0.600. The van der Waals surface area contributed by atoms with Gasteiger partial charge in [0.15, 0.2) is 0 Å². The van der Waals surface area contributed by atoms with Gasteiger partial charge in [-0.05, 0) is 5.92 Å². The number of nitrogens with zero attached hydrogens (tertiary/aromatic N) is 2. The smallest absolute Gasteiger partial charge is 0.269 e. The summed E-state index contributed by atoms with van der Waals surface area (Å²) in [5.41, 5.74) is 0.602. The van der Waals surface area contributed by atoms with E-state index in [2.05, 4.69) is 46.7 Å². The molecule has 1 rings (SSSR count). The fourth-order valence-corrected chi connectivity index (χ4v) is 2.44. The maximum absolute atomic E-state index is 11.8. The van der Waals surface area contributed by atoms with E-state index < -0.39 is 0 Å². The van der Waals surface area contributed by atoms with Crippen LogP contribution in [-0.2, 0) is 7.05 Å². The highest BCUT2D eigenvalue weighted by molar-refractivity contribution is 14.1. The normalized spacial score (nSPS) is 12.9. The number of hydrogen-bond donors (Lipinski definition) is 1. The van der Waals surface area contributed by atoms with Crippen molar-refractivity contribution in [3.63, 3.8) is 0 Å². The van der Waals surface area contributed by atoms with Crippen LogP contribution in [0.5, 0.6) is 0 Å². The number of amides is 1. The molecule has 1 aromatic rings. The van der Waals surface area contributed by atoms with Crippen LogP contribution in [-0.4, -0.2) is 25.9 Å². The summed E-state index contributed by atoms with van der Waals surface area (Å²) in [6.45, 7) is 4.21. The van der Waals surface area contributed by atoms with Crippen molar-refractivity contribution < 1.29 is 4.79 Å².